The van der Waals surface area contributed by atoms with E-state index in [0.29, 0.717) is 22.3 Å². The fourth-order valence-corrected chi connectivity index (χ4v) is 7.51. The molecule has 0 bridgehead atoms. The summed E-state index contributed by atoms with van der Waals surface area (Å²) >= 11 is 0. The molecule has 256 valence electrons. The van der Waals surface area contributed by atoms with Crippen LogP contribution in [0.3, 0.4) is 0 Å². The standard InChI is InChI=1S/C50H34N2O2/c53-49-45-25-13-23-43(35-27-31-41(32-28-35)51(37-15-5-1-6-16-37)38-17-7-2-8-18-38)47(45)50(54)48-44(24-14-26-46(48)49)36-29-33-42(34-30-36)52(39-19-9-3-10-20-39)40-21-11-4-12-22-40/h1-34H. The van der Waals surface area contributed by atoms with Crippen LogP contribution in [0.1, 0.15) is 31.8 Å². The van der Waals surface area contributed by atoms with Crippen molar-refractivity contribution in [1.29, 1.82) is 0 Å². The van der Waals surface area contributed by atoms with E-state index in [-0.39, 0.29) is 11.6 Å². The van der Waals surface area contributed by atoms with E-state index in [2.05, 4.69) is 82.6 Å². The van der Waals surface area contributed by atoms with Gasteiger partial charge in [0.2, 0.25) is 0 Å². The lowest BCUT2D eigenvalue weighted by atomic mass is 9.78. The van der Waals surface area contributed by atoms with Crippen LogP contribution in [0.4, 0.5) is 34.1 Å². The number of hydrogen-bond donors (Lipinski definition) is 0. The summed E-state index contributed by atoms with van der Waals surface area (Å²) in [6.07, 6.45) is 0. The molecular formula is C50H34N2O2. The molecule has 0 heterocycles. The van der Waals surface area contributed by atoms with Gasteiger partial charge in [-0.05, 0) is 95.1 Å². The fraction of sp³-hybridized carbons (Fsp3) is 0. The second kappa shape index (κ2) is 14.0. The van der Waals surface area contributed by atoms with E-state index in [0.717, 1.165) is 56.4 Å². The molecule has 4 heteroatoms. The molecule has 0 unspecified atom stereocenters. The van der Waals surface area contributed by atoms with Gasteiger partial charge in [0.1, 0.15) is 0 Å². The minimum Gasteiger partial charge on any atom is -0.311 e. The van der Waals surface area contributed by atoms with Gasteiger partial charge in [0.05, 0.1) is 0 Å². The van der Waals surface area contributed by atoms with Gasteiger partial charge in [0.15, 0.2) is 11.6 Å². The van der Waals surface area contributed by atoms with Crippen LogP contribution in [0, 0.1) is 0 Å². The number of fused-ring (bicyclic) bond motifs is 2. The Labute approximate surface area is 314 Å². The lowest BCUT2D eigenvalue weighted by molar-refractivity contribution is 0.0980. The van der Waals surface area contributed by atoms with E-state index < -0.39 is 0 Å². The molecule has 0 amide bonds. The van der Waals surface area contributed by atoms with Crippen molar-refractivity contribution in [2.75, 3.05) is 9.80 Å². The Morgan fingerprint density at radius 3 is 0.833 bits per heavy atom. The Bertz CT molecular complexity index is 2340. The average molecular weight is 695 g/mol. The molecule has 0 N–H and O–H groups in total. The summed E-state index contributed by atoms with van der Waals surface area (Å²) < 4.78 is 0. The van der Waals surface area contributed by atoms with Crippen LogP contribution < -0.4 is 9.80 Å². The third-order valence-electron chi connectivity index (χ3n) is 10.0. The van der Waals surface area contributed by atoms with E-state index in [9.17, 15) is 9.59 Å². The highest BCUT2D eigenvalue weighted by molar-refractivity contribution is 6.32. The highest BCUT2D eigenvalue weighted by Crippen LogP contribution is 2.41. The molecule has 0 fully saturated rings. The van der Waals surface area contributed by atoms with E-state index >= 15 is 0 Å². The number of para-hydroxylation sites is 4. The maximum absolute atomic E-state index is 14.8. The SMILES string of the molecule is O=C1c2cccc(-c3ccc(N(c4ccccc4)c4ccccc4)cc3)c2C(=O)c2c1cccc2-c1ccc(N(c2ccccc2)c2ccccc2)cc1. The summed E-state index contributed by atoms with van der Waals surface area (Å²) in [5, 5.41) is 0. The number of carbonyl (C=O) groups excluding carboxylic acids is 2. The molecule has 1 aliphatic rings. The van der Waals surface area contributed by atoms with Gasteiger partial charge in [0.25, 0.3) is 0 Å². The number of nitrogens with zero attached hydrogens (tertiary/aromatic N) is 2. The predicted molar refractivity (Wildman–Crippen MR) is 220 cm³/mol. The van der Waals surface area contributed by atoms with Gasteiger partial charge in [-0.2, -0.15) is 0 Å². The van der Waals surface area contributed by atoms with Crippen LogP contribution in [0.2, 0.25) is 0 Å². The molecule has 0 aliphatic heterocycles. The van der Waals surface area contributed by atoms with Gasteiger partial charge >= 0.3 is 0 Å². The summed E-state index contributed by atoms with van der Waals surface area (Å²) in [6, 6.07) is 68.6. The van der Waals surface area contributed by atoms with E-state index in [1.54, 1.807) is 12.1 Å². The van der Waals surface area contributed by atoms with Crippen LogP contribution in [0.5, 0.6) is 0 Å². The topological polar surface area (TPSA) is 40.6 Å². The molecule has 8 aromatic rings. The lowest BCUT2D eigenvalue weighted by Crippen LogP contribution is -2.22. The summed E-state index contributed by atoms with van der Waals surface area (Å²) in [6.45, 7) is 0. The molecule has 0 saturated carbocycles. The van der Waals surface area contributed by atoms with Gasteiger partial charge in [-0.1, -0.05) is 133 Å². The van der Waals surface area contributed by atoms with Crippen molar-refractivity contribution >= 4 is 45.7 Å². The minimum absolute atomic E-state index is 0.143. The molecule has 9 rings (SSSR count). The Morgan fingerprint density at radius 1 is 0.241 bits per heavy atom. The molecule has 0 radical (unpaired) electrons. The monoisotopic (exact) mass is 694 g/mol. The van der Waals surface area contributed by atoms with Crippen molar-refractivity contribution in [2.45, 2.75) is 0 Å². The van der Waals surface area contributed by atoms with Crippen LogP contribution in [0.15, 0.2) is 206 Å². The maximum atomic E-state index is 14.8. The van der Waals surface area contributed by atoms with E-state index in [4.69, 9.17) is 0 Å². The van der Waals surface area contributed by atoms with Crippen LogP contribution in [-0.2, 0) is 0 Å². The van der Waals surface area contributed by atoms with Gasteiger partial charge < -0.3 is 9.80 Å². The minimum atomic E-state index is -0.149. The largest absolute Gasteiger partial charge is 0.311 e. The summed E-state index contributed by atoms with van der Waals surface area (Å²) in [5.41, 5.74) is 11.1. The first kappa shape index (κ1) is 32.6. The number of ketones is 2. The number of anilines is 6. The van der Waals surface area contributed by atoms with Crippen molar-refractivity contribution in [1.82, 2.24) is 0 Å². The molecule has 0 saturated heterocycles. The normalized spacial score (nSPS) is 11.8. The molecular weight excluding hydrogens is 661 g/mol. The summed E-state index contributed by atoms with van der Waals surface area (Å²) in [4.78, 5) is 33.3. The summed E-state index contributed by atoms with van der Waals surface area (Å²) in [7, 11) is 0. The highest BCUT2D eigenvalue weighted by atomic mass is 16.1. The number of benzene rings is 8. The smallest absolute Gasteiger partial charge is 0.195 e. The van der Waals surface area contributed by atoms with Crippen LogP contribution >= 0.6 is 0 Å². The highest BCUT2D eigenvalue weighted by Gasteiger charge is 2.34. The van der Waals surface area contributed by atoms with E-state index in [1.807, 2.05) is 121 Å². The van der Waals surface area contributed by atoms with Gasteiger partial charge in [-0.3, -0.25) is 9.59 Å². The van der Waals surface area contributed by atoms with Gasteiger partial charge in [-0.15, -0.1) is 0 Å². The Hall–Kier alpha value is -7.30. The quantitative estimate of drug-likeness (QED) is 0.159. The molecule has 54 heavy (non-hydrogen) atoms. The zero-order chi connectivity index (χ0) is 36.4. The molecule has 0 spiro atoms. The number of carbonyl (C=O) groups is 2. The molecule has 1 aliphatic carbocycles. The second-order valence-electron chi connectivity index (χ2n) is 13.2. The zero-order valence-corrected chi connectivity index (χ0v) is 29.3. The van der Waals surface area contributed by atoms with E-state index in [1.165, 1.54) is 0 Å². The van der Waals surface area contributed by atoms with Crippen molar-refractivity contribution in [2.24, 2.45) is 0 Å². The Balaban J connectivity index is 1.09. The van der Waals surface area contributed by atoms with Crippen molar-refractivity contribution in [3.05, 3.63) is 229 Å². The molecule has 8 aromatic carbocycles. The fourth-order valence-electron chi connectivity index (χ4n) is 7.51. The van der Waals surface area contributed by atoms with Crippen molar-refractivity contribution in [3.8, 4) is 22.3 Å². The molecule has 4 nitrogen and oxygen atoms in total. The second-order valence-corrected chi connectivity index (χ2v) is 13.2. The zero-order valence-electron chi connectivity index (χ0n) is 29.3. The molecule has 0 atom stereocenters. The first-order valence-electron chi connectivity index (χ1n) is 18.0. The number of hydrogen-bond acceptors (Lipinski definition) is 4. The average Bonchev–Trinajstić information content (AvgIpc) is 3.24. The lowest BCUT2D eigenvalue weighted by Gasteiger charge is -2.26. The van der Waals surface area contributed by atoms with Crippen molar-refractivity contribution in [3.63, 3.8) is 0 Å². The number of rotatable bonds is 8. The van der Waals surface area contributed by atoms with Crippen LogP contribution in [0.25, 0.3) is 22.3 Å². The Kier molecular flexibility index (Phi) is 8.46. The van der Waals surface area contributed by atoms with Gasteiger partial charge in [0, 0.05) is 56.4 Å². The molecule has 0 aromatic heterocycles. The van der Waals surface area contributed by atoms with Crippen molar-refractivity contribution < 1.29 is 9.59 Å². The first-order chi connectivity index (χ1) is 26.7. The third kappa shape index (κ3) is 5.86. The predicted octanol–water partition coefficient (Wildman–Crippen LogP) is 12.7. The van der Waals surface area contributed by atoms with Crippen LogP contribution in [-0.4, -0.2) is 11.6 Å². The first-order valence-corrected chi connectivity index (χ1v) is 18.0. The Morgan fingerprint density at radius 2 is 0.519 bits per heavy atom. The maximum Gasteiger partial charge on any atom is 0.195 e. The van der Waals surface area contributed by atoms with Gasteiger partial charge in [-0.25, -0.2) is 0 Å². The third-order valence-corrected chi connectivity index (χ3v) is 10.0. The summed E-state index contributed by atoms with van der Waals surface area (Å²) in [5.74, 6) is -0.292.